The lowest BCUT2D eigenvalue weighted by molar-refractivity contribution is 0.208. The van der Waals surface area contributed by atoms with Crippen molar-refractivity contribution in [2.75, 3.05) is 13.3 Å². The van der Waals surface area contributed by atoms with Gasteiger partial charge in [-0.05, 0) is 0 Å². The van der Waals surface area contributed by atoms with E-state index in [1.165, 1.54) is 0 Å². The van der Waals surface area contributed by atoms with Crippen molar-refractivity contribution in [1.29, 1.82) is 0 Å². The Morgan fingerprint density at radius 3 is 2.50 bits per heavy atom. The van der Waals surface area contributed by atoms with Crippen LogP contribution >= 0.6 is 7.80 Å². The van der Waals surface area contributed by atoms with Gasteiger partial charge in [-0.1, -0.05) is 4.57 Å². The molecule has 0 amide bonds. The first-order chi connectivity index (χ1) is 2.84. The van der Waals surface area contributed by atoms with E-state index >= 15 is 0 Å². The first-order valence-electron chi connectivity index (χ1n) is 1.81. The van der Waals surface area contributed by atoms with Crippen molar-refractivity contribution in [2.24, 2.45) is 0 Å². The largest absolute Gasteiger partial charge is 0.382 e. The van der Waals surface area contributed by atoms with E-state index in [0.29, 0.717) is 0 Å². The second kappa shape index (κ2) is 1.28. The standard InChI is InChI=1S/C3H6O2P/c1-5-3-2-6(3)4/h3H,2H2,1H3/q+1. The lowest BCUT2D eigenvalue weighted by atomic mass is 10.9. The smallest absolute Gasteiger partial charge is 0.335 e. The maximum Gasteiger partial charge on any atom is 0.382 e. The minimum Gasteiger partial charge on any atom is -0.335 e. The van der Waals surface area contributed by atoms with Crippen molar-refractivity contribution >= 4 is 7.80 Å². The molecule has 0 aromatic heterocycles. The van der Waals surface area contributed by atoms with Gasteiger partial charge in [0.05, 0.1) is 0 Å². The van der Waals surface area contributed by atoms with Crippen molar-refractivity contribution in [3.05, 3.63) is 0 Å². The summed E-state index contributed by atoms with van der Waals surface area (Å²) in [4.78, 5) is 0. The van der Waals surface area contributed by atoms with Crippen LogP contribution in [0.1, 0.15) is 0 Å². The fraction of sp³-hybridized carbons (Fsp3) is 1.00. The van der Waals surface area contributed by atoms with E-state index in [1.807, 2.05) is 0 Å². The third-order valence-electron chi connectivity index (χ3n) is 0.796. The maximum atomic E-state index is 10.1. The zero-order chi connectivity index (χ0) is 4.57. The van der Waals surface area contributed by atoms with Gasteiger partial charge in [-0.15, -0.1) is 0 Å². The molecule has 6 heavy (non-hydrogen) atoms. The summed E-state index contributed by atoms with van der Waals surface area (Å²) in [6.45, 7) is 0. The predicted octanol–water partition coefficient (Wildman–Crippen LogP) is 0.800. The van der Waals surface area contributed by atoms with E-state index < -0.39 is 7.80 Å². The van der Waals surface area contributed by atoms with Gasteiger partial charge in [-0.2, -0.15) is 0 Å². The van der Waals surface area contributed by atoms with Crippen molar-refractivity contribution in [2.45, 2.75) is 5.85 Å². The Morgan fingerprint density at radius 1 is 2.00 bits per heavy atom. The van der Waals surface area contributed by atoms with E-state index in [0.717, 1.165) is 6.16 Å². The van der Waals surface area contributed by atoms with E-state index in [1.54, 1.807) is 7.11 Å². The van der Waals surface area contributed by atoms with Gasteiger partial charge in [-0.25, -0.2) is 0 Å². The van der Waals surface area contributed by atoms with Crippen LogP contribution in [0.4, 0.5) is 0 Å². The summed E-state index contributed by atoms with van der Waals surface area (Å²) in [5, 5.41) is 0. The molecule has 0 bridgehead atoms. The summed E-state index contributed by atoms with van der Waals surface area (Å²) >= 11 is 0. The van der Waals surface area contributed by atoms with Crippen LogP contribution in [0.2, 0.25) is 0 Å². The SMILES string of the molecule is COC1C[P+]1=O. The van der Waals surface area contributed by atoms with Crippen molar-refractivity contribution in [3.63, 3.8) is 0 Å². The Kier molecular flexibility index (Phi) is 0.904. The minimum absolute atomic E-state index is 0.111. The summed E-state index contributed by atoms with van der Waals surface area (Å²) < 4.78 is 14.8. The van der Waals surface area contributed by atoms with E-state index in [4.69, 9.17) is 0 Å². The fourth-order valence-corrected chi connectivity index (χ4v) is 1.10. The molecule has 1 rings (SSSR count). The molecule has 0 aromatic rings. The first kappa shape index (κ1) is 4.23. The molecule has 2 atom stereocenters. The lowest BCUT2D eigenvalue weighted by Gasteiger charge is -1.69. The van der Waals surface area contributed by atoms with Crippen LogP contribution in [0.3, 0.4) is 0 Å². The van der Waals surface area contributed by atoms with Crippen LogP contribution in [-0.4, -0.2) is 19.1 Å². The third kappa shape index (κ3) is 0.585. The number of ether oxygens (including phenoxy) is 1. The Labute approximate surface area is 37.3 Å². The average molecular weight is 105 g/mol. The van der Waals surface area contributed by atoms with E-state index in [2.05, 4.69) is 4.74 Å². The normalized spacial score (nSPS) is 36.8. The van der Waals surface area contributed by atoms with Crippen molar-refractivity contribution in [1.82, 2.24) is 0 Å². The molecule has 0 saturated carbocycles. The quantitative estimate of drug-likeness (QED) is 0.461. The topological polar surface area (TPSA) is 26.3 Å². The Bertz CT molecular complexity index is 80.9. The van der Waals surface area contributed by atoms with Crippen LogP contribution in [0, 0.1) is 0 Å². The van der Waals surface area contributed by atoms with Gasteiger partial charge in [0.25, 0.3) is 5.85 Å². The highest BCUT2D eigenvalue weighted by atomic mass is 31.1. The maximum absolute atomic E-state index is 10.1. The summed E-state index contributed by atoms with van der Waals surface area (Å²) in [6.07, 6.45) is 0.784. The van der Waals surface area contributed by atoms with E-state index in [-0.39, 0.29) is 5.85 Å². The molecule has 0 aliphatic carbocycles. The molecule has 0 N–H and O–H groups in total. The molecular weight excluding hydrogens is 99.0 g/mol. The molecule has 1 saturated heterocycles. The molecule has 0 aromatic carbocycles. The Hall–Kier alpha value is 0.0600. The van der Waals surface area contributed by atoms with Gasteiger partial charge in [0.15, 0.2) is 0 Å². The molecule has 2 unspecified atom stereocenters. The van der Waals surface area contributed by atoms with Crippen LogP contribution in [0.15, 0.2) is 0 Å². The zero-order valence-corrected chi connectivity index (χ0v) is 4.44. The van der Waals surface area contributed by atoms with Crippen molar-refractivity contribution < 1.29 is 9.30 Å². The summed E-state index contributed by atoms with van der Waals surface area (Å²) in [5.41, 5.74) is 0. The van der Waals surface area contributed by atoms with Crippen LogP contribution in [-0.2, 0) is 9.30 Å². The summed E-state index contributed by atoms with van der Waals surface area (Å²) in [7, 11) is 0.682. The molecule has 0 radical (unpaired) electrons. The number of rotatable bonds is 1. The number of hydrogen-bond donors (Lipinski definition) is 0. The van der Waals surface area contributed by atoms with Gasteiger partial charge >= 0.3 is 7.80 Å². The number of methoxy groups -OCH3 is 1. The van der Waals surface area contributed by atoms with Gasteiger partial charge in [0.1, 0.15) is 0 Å². The third-order valence-corrected chi connectivity index (χ3v) is 2.05. The van der Waals surface area contributed by atoms with Gasteiger partial charge in [0.2, 0.25) is 6.16 Å². The highest BCUT2D eigenvalue weighted by Crippen LogP contribution is 2.46. The second-order valence-corrected chi connectivity index (χ2v) is 3.07. The van der Waals surface area contributed by atoms with Crippen LogP contribution in [0.25, 0.3) is 0 Å². The monoisotopic (exact) mass is 105 g/mol. The molecule has 1 aliphatic rings. The van der Waals surface area contributed by atoms with Gasteiger partial charge in [0, 0.05) is 7.11 Å². The molecule has 1 fully saturated rings. The Morgan fingerprint density at radius 2 is 2.50 bits per heavy atom. The molecule has 1 heterocycles. The number of hydrogen-bond acceptors (Lipinski definition) is 2. The fourth-order valence-electron chi connectivity index (χ4n) is 0.299. The zero-order valence-electron chi connectivity index (χ0n) is 3.55. The van der Waals surface area contributed by atoms with Crippen molar-refractivity contribution in [3.8, 4) is 0 Å². The highest BCUT2D eigenvalue weighted by Gasteiger charge is 2.52. The van der Waals surface area contributed by atoms with Crippen LogP contribution in [0.5, 0.6) is 0 Å². The minimum atomic E-state index is -0.906. The molecule has 0 spiro atoms. The van der Waals surface area contributed by atoms with E-state index in [9.17, 15) is 4.57 Å². The summed E-state index contributed by atoms with van der Waals surface area (Å²) in [5.74, 6) is 0.111. The molecule has 2 nitrogen and oxygen atoms in total. The summed E-state index contributed by atoms with van der Waals surface area (Å²) in [6, 6.07) is 0. The lowest BCUT2D eigenvalue weighted by Crippen LogP contribution is -1.81. The van der Waals surface area contributed by atoms with Gasteiger partial charge < -0.3 is 4.74 Å². The highest BCUT2D eigenvalue weighted by molar-refractivity contribution is 7.53. The Balaban J connectivity index is 2.26. The molecule has 34 valence electrons. The predicted molar refractivity (Wildman–Crippen MR) is 23.3 cm³/mol. The average Bonchev–Trinajstić information content (AvgIpc) is 2.19. The van der Waals surface area contributed by atoms with Gasteiger partial charge in [-0.3, -0.25) is 0 Å². The first-order valence-corrected chi connectivity index (χ1v) is 3.32. The molecule has 3 heteroatoms. The molecular formula is C3H6O2P+. The van der Waals surface area contributed by atoms with Crippen LogP contribution < -0.4 is 0 Å². The molecule has 1 aliphatic heterocycles. The second-order valence-electron chi connectivity index (χ2n) is 1.29.